The molecule has 5 heteroatoms. The normalized spacial score (nSPS) is 11.1. The van der Waals surface area contributed by atoms with Crippen molar-refractivity contribution in [1.29, 1.82) is 0 Å². The molecule has 0 radical (unpaired) electrons. The summed E-state index contributed by atoms with van der Waals surface area (Å²) in [6, 6.07) is 6.13. The van der Waals surface area contributed by atoms with Crippen molar-refractivity contribution in [2.75, 3.05) is 0 Å². The minimum Gasteiger partial charge on any atom is -0.372 e. The van der Waals surface area contributed by atoms with Crippen molar-refractivity contribution in [2.24, 2.45) is 5.73 Å². The lowest BCUT2D eigenvalue weighted by Crippen LogP contribution is -2.44. The second kappa shape index (κ2) is 6.89. The van der Waals surface area contributed by atoms with Gasteiger partial charge in [0, 0.05) is 17.2 Å². The maximum atomic E-state index is 14.8. The molecule has 2 N–H and O–H groups in total. The Morgan fingerprint density at radius 2 is 1.86 bits per heavy atom. The van der Waals surface area contributed by atoms with Gasteiger partial charge in [-0.3, -0.25) is 4.79 Å². The lowest BCUT2D eigenvalue weighted by Gasteiger charge is -2.19. The number of carbonyl (C=O) groups is 1. The number of hydrogen-bond acceptors (Lipinski definition) is 1. The number of fused-ring (bicyclic) bond motifs is 1. The quantitative estimate of drug-likeness (QED) is 0.687. The van der Waals surface area contributed by atoms with Gasteiger partial charge >= 0.3 is 0 Å². The highest BCUT2D eigenvalue weighted by Crippen LogP contribution is 2.25. The Bertz CT molecular complexity index is 629. The molecule has 0 aliphatic rings. The van der Waals surface area contributed by atoms with Gasteiger partial charge in [0.15, 0.2) is 0 Å². The molecule has 0 unspecified atom stereocenters. The van der Waals surface area contributed by atoms with E-state index < -0.39 is 8.07 Å². The third kappa shape index (κ3) is 3.35. The highest BCUT2D eigenvalue weighted by molar-refractivity contribution is 6.88. The lowest BCUT2D eigenvalue weighted by molar-refractivity contribution is -0.106. The van der Waals surface area contributed by atoms with E-state index in [0.29, 0.717) is 0 Å². The minimum absolute atomic E-state index is 0.0310. The Kier molecular flexibility index (Phi) is 5.72. The molecule has 3 nitrogen and oxygen atoms in total. The van der Waals surface area contributed by atoms with Gasteiger partial charge < -0.3 is 10.3 Å². The van der Waals surface area contributed by atoms with Crippen molar-refractivity contribution in [1.82, 2.24) is 4.57 Å². The summed E-state index contributed by atoms with van der Waals surface area (Å²) >= 11 is 0. The molecule has 2 aromatic rings. The molecular formula is C16H25FN2OSi. The SMILES string of the molecule is CCc1cccc2c1c(F)c([Si](C)(C)C)n2CC.NC=O. The second-order valence-corrected chi connectivity index (χ2v) is 10.9. The zero-order valence-electron chi connectivity index (χ0n) is 13.5. The van der Waals surface area contributed by atoms with Crippen LogP contribution in [-0.4, -0.2) is 19.1 Å². The number of amides is 1. The number of primary amides is 1. The van der Waals surface area contributed by atoms with E-state index in [-0.39, 0.29) is 12.2 Å². The summed E-state index contributed by atoms with van der Waals surface area (Å²) in [5.41, 5.74) is 6.35. The van der Waals surface area contributed by atoms with Gasteiger partial charge in [-0.1, -0.05) is 38.7 Å². The van der Waals surface area contributed by atoms with Crippen LogP contribution in [0.4, 0.5) is 4.39 Å². The first-order chi connectivity index (χ1) is 9.83. The molecule has 21 heavy (non-hydrogen) atoms. The summed E-state index contributed by atoms with van der Waals surface area (Å²) < 4.78 is 17.0. The van der Waals surface area contributed by atoms with Crippen molar-refractivity contribution < 1.29 is 9.18 Å². The maximum Gasteiger partial charge on any atom is 0.204 e. The fourth-order valence-corrected chi connectivity index (χ4v) is 4.65. The van der Waals surface area contributed by atoms with Gasteiger partial charge in [0.25, 0.3) is 0 Å². The maximum absolute atomic E-state index is 14.8. The van der Waals surface area contributed by atoms with Gasteiger partial charge in [0.2, 0.25) is 6.41 Å². The first kappa shape index (κ1) is 17.4. The summed E-state index contributed by atoms with van der Waals surface area (Å²) in [6.45, 7) is 11.7. The Balaban J connectivity index is 0.000000677. The third-order valence-electron chi connectivity index (χ3n) is 3.52. The summed E-state index contributed by atoms with van der Waals surface area (Å²) in [6.07, 6.45) is 1.13. The number of hydrogen-bond donors (Lipinski definition) is 1. The van der Waals surface area contributed by atoms with E-state index in [1.807, 2.05) is 18.2 Å². The molecule has 0 atom stereocenters. The number of nitrogens with zero attached hydrogens (tertiary/aromatic N) is 1. The topological polar surface area (TPSA) is 48.0 Å². The van der Waals surface area contributed by atoms with Crippen molar-refractivity contribution >= 4 is 30.7 Å². The van der Waals surface area contributed by atoms with E-state index in [9.17, 15) is 4.39 Å². The van der Waals surface area contributed by atoms with Crippen molar-refractivity contribution in [3.05, 3.63) is 29.6 Å². The fraction of sp³-hybridized carbons (Fsp3) is 0.438. The van der Waals surface area contributed by atoms with Gasteiger partial charge in [-0.05, 0) is 25.0 Å². The number of benzene rings is 1. The first-order valence-electron chi connectivity index (χ1n) is 7.28. The zero-order chi connectivity index (χ0) is 16.2. The summed E-state index contributed by atoms with van der Waals surface area (Å²) in [5, 5.41) is 1.81. The van der Waals surface area contributed by atoms with Crippen LogP contribution in [0.15, 0.2) is 18.2 Å². The molecule has 0 fully saturated rings. The molecular weight excluding hydrogens is 283 g/mol. The van der Waals surface area contributed by atoms with E-state index in [0.717, 1.165) is 34.7 Å². The lowest BCUT2D eigenvalue weighted by atomic mass is 10.1. The van der Waals surface area contributed by atoms with E-state index in [2.05, 4.69) is 43.8 Å². The number of carbonyl (C=O) groups excluding carboxylic acids is 1. The van der Waals surface area contributed by atoms with Crippen molar-refractivity contribution in [3.63, 3.8) is 0 Å². The van der Waals surface area contributed by atoms with E-state index in [4.69, 9.17) is 4.79 Å². The van der Waals surface area contributed by atoms with Crippen molar-refractivity contribution in [3.8, 4) is 0 Å². The molecule has 1 aromatic heterocycles. The van der Waals surface area contributed by atoms with Gasteiger partial charge in [0.05, 0.1) is 5.52 Å². The number of aromatic nitrogens is 1. The third-order valence-corrected chi connectivity index (χ3v) is 5.43. The standard InChI is InChI=1S/C15H22FNSi.CH3NO/c1-6-11-9-8-10-12-13(11)14(16)15(17(12)7-2)18(3,4)5;2-1-3/h8-10H,6-7H2,1-5H3;1H,(H2,2,3). The molecule has 1 aromatic carbocycles. The van der Waals surface area contributed by atoms with Crippen LogP contribution in [0.3, 0.4) is 0 Å². The average Bonchev–Trinajstić information content (AvgIpc) is 2.72. The minimum atomic E-state index is -1.67. The highest BCUT2D eigenvalue weighted by atomic mass is 28.3. The van der Waals surface area contributed by atoms with Crippen LogP contribution in [0, 0.1) is 5.82 Å². The predicted octanol–water partition coefficient (Wildman–Crippen LogP) is 3.01. The van der Waals surface area contributed by atoms with Crippen LogP contribution in [-0.2, 0) is 17.8 Å². The average molecular weight is 308 g/mol. The van der Waals surface area contributed by atoms with Crippen LogP contribution in [0.2, 0.25) is 19.6 Å². The Hall–Kier alpha value is -1.62. The summed E-state index contributed by atoms with van der Waals surface area (Å²) in [4.78, 5) is 8.58. The number of aryl methyl sites for hydroxylation is 2. The molecule has 116 valence electrons. The molecule has 1 heterocycles. The van der Waals surface area contributed by atoms with Gasteiger partial charge in [-0.25, -0.2) is 4.39 Å². The van der Waals surface area contributed by atoms with Crippen LogP contribution in [0.5, 0.6) is 0 Å². The molecule has 0 aliphatic carbocycles. The van der Waals surface area contributed by atoms with Crippen LogP contribution in [0.1, 0.15) is 19.4 Å². The van der Waals surface area contributed by atoms with E-state index >= 15 is 0 Å². The first-order valence-corrected chi connectivity index (χ1v) is 10.8. The molecule has 0 aliphatic heterocycles. The molecule has 0 saturated heterocycles. The molecule has 0 saturated carbocycles. The summed E-state index contributed by atoms with van der Waals surface area (Å²) in [5.74, 6) is 0.0310. The zero-order valence-corrected chi connectivity index (χ0v) is 14.5. The van der Waals surface area contributed by atoms with E-state index in [1.54, 1.807) is 0 Å². The summed E-state index contributed by atoms with van der Waals surface area (Å²) in [7, 11) is -1.67. The van der Waals surface area contributed by atoms with Crippen molar-refractivity contribution in [2.45, 2.75) is 46.5 Å². The Labute approximate surface area is 127 Å². The van der Waals surface area contributed by atoms with Crippen LogP contribution in [0.25, 0.3) is 10.9 Å². The van der Waals surface area contributed by atoms with Gasteiger partial charge in [0.1, 0.15) is 13.9 Å². The molecule has 2 rings (SSSR count). The van der Waals surface area contributed by atoms with Crippen LogP contribution < -0.4 is 11.1 Å². The second-order valence-electron chi connectivity index (χ2n) is 5.96. The van der Waals surface area contributed by atoms with Gasteiger partial charge in [-0.15, -0.1) is 0 Å². The monoisotopic (exact) mass is 308 g/mol. The fourth-order valence-electron chi connectivity index (χ4n) is 2.78. The number of nitrogens with two attached hydrogens (primary N) is 1. The molecule has 0 spiro atoms. The number of rotatable bonds is 3. The predicted molar refractivity (Wildman–Crippen MR) is 90.2 cm³/mol. The smallest absolute Gasteiger partial charge is 0.204 e. The molecule has 0 bridgehead atoms. The van der Waals surface area contributed by atoms with Crippen LogP contribution >= 0.6 is 0 Å². The largest absolute Gasteiger partial charge is 0.372 e. The Morgan fingerprint density at radius 3 is 2.29 bits per heavy atom. The molecule has 1 amide bonds. The number of halogens is 1. The Morgan fingerprint density at radius 1 is 1.29 bits per heavy atom. The van der Waals surface area contributed by atoms with E-state index in [1.165, 1.54) is 0 Å². The van der Waals surface area contributed by atoms with Gasteiger partial charge in [-0.2, -0.15) is 0 Å². The highest BCUT2D eigenvalue weighted by Gasteiger charge is 2.28.